The Morgan fingerprint density at radius 1 is 1.38 bits per heavy atom. The summed E-state index contributed by atoms with van der Waals surface area (Å²) in [6.45, 7) is 2.36. The lowest BCUT2D eigenvalue weighted by atomic mass is 9.82. The van der Waals surface area contributed by atoms with Gasteiger partial charge in [0.15, 0.2) is 0 Å². The van der Waals surface area contributed by atoms with Crippen molar-refractivity contribution in [2.45, 2.75) is 19.8 Å². The van der Waals surface area contributed by atoms with E-state index in [1.807, 2.05) is 0 Å². The molecule has 0 saturated carbocycles. The van der Waals surface area contributed by atoms with Gasteiger partial charge in [0.1, 0.15) is 0 Å². The summed E-state index contributed by atoms with van der Waals surface area (Å²) in [4.78, 5) is 36.5. The molecule has 2 heterocycles. The fourth-order valence-corrected chi connectivity index (χ4v) is 4.00. The lowest BCUT2D eigenvalue weighted by Gasteiger charge is -2.37. The minimum atomic E-state index is -0.927. The zero-order chi connectivity index (χ0) is 17.5. The van der Waals surface area contributed by atoms with Gasteiger partial charge in [-0.3, -0.25) is 19.7 Å². The molecule has 3 rings (SSSR count). The summed E-state index contributed by atoms with van der Waals surface area (Å²) in [7, 11) is 0. The molecular formula is C16H16N2O5S. The van der Waals surface area contributed by atoms with Gasteiger partial charge in [0.2, 0.25) is 0 Å². The van der Waals surface area contributed by atoms with Crippen LogP contribution in [0.4, 0.5) is 5.69 Å². The zero-order valence-corrected chi connectivity index (χ0v) is 13.8. The number of aliphatic carboxylic acids is 1. The average molecular weight is 348 g/mol. The molecule has 1 aromatic heterocycles. The molecule has 8 heteroatoms. The van der Waals surface area contributed by atoms with Gasteiger partial charge in [0.05, 0.1) is 15.2 Å². The van der Waals surface area contributed by atoms with Crippen LogP contribution in [0.1, 0.15) is 29.4 Å². The largest absolute Gasteiger partial charge is 0.481 e. The summed E-state index contributed by atoms with van der Waals surface area (Å²) < 4.78 is 0.793. The molecule has 0 bridgehead atoms. The normalized spacial score (nSPS) is 21.0. The molecule has 1 atom stereocenters. The van der Waals surface area contributed by atoms with Crippen LogP contribution in [0.5, 0.6) is 0 Å². The molecule has 1 N–H and O–H groups in total. The van der Waals surface area contributed by atoms with E-state index in [-0.39, 0.29) is 18.1 Å². The number of nitro groups is 1. The van der Waals surface area contributed by atoms with Crippen molar-refractivity contribution >= 4 is 39.0 Å². The molecule has 0 radical (unpaired) electrons. The van der Waals surface area contributed by atoms with Gasteiger partial charge in [0.25, 0.3) is 11.6 Å². The summed E-state index contributed by atoms with van der Waals surface area (Å²) in [5.41, 5.74) is -0.945. The Balaban J connectivity index is 1.88. The Morgan fingerprint density at radius 3 is 2.79 bits per heavy atom. The number of amides is 1. The summed E-state index contributed by atoms with van der Waals surface area (Å²) in [5, 5.41) is 20.9. The van der Waals surface area contributed by atoms with Crippen LogP contribution in [-0.2, 0) is 4.79 Å². The molecule has 0 spiro atoms. The Kier molecular flexibility index (Phi) is 4.00. The quantitative estimate of drug-likeness (QED) is 0.678. The fourth-order valence-electron chi connectivity index (χ4n) is 2.99. The van der Waals surface area contributed by atoms with Crippen molar-refractivity contribution in [3.8, 4) is 0 Å². The highest BCUT2D eigenvalue weighted by atomic mass is 32.1. The van der Waals surface area contributed by atoms with Crippen LogP contribution in [-0.4, -0.2) is 39.9 Å². The molecule has 1 aliphatic rings. The first-order valence-electron chi connectivity index (χ1n) is 7.51. The Hall–Kier alpha value is -2.48. The van der Waals surface area contributed by atoms with Gasteiger partial charge < -0.3 is 10.0 Å². The van der Waals surface area contributed by atoms with E-state index in [1.54, 1.807) is 24.0 Å². The molecule has 7 nitrogen and oxygen atoms in total. The number of non-ortho nitro benzene ring substituents is 1. The number of carbonyl (C=O) groups is 2. The molecule has 126 valence electrons. The van der Waals surface area contributed by atoms with Crippen molar-refractivity contribution in [3.05, 3.63) is 39.3 Å². The first kappa shape index (κ1) is 16.4. The van der Waals surface area contributed by atoms with Crippen molar-refractivity contribution in [2.75, 3.05) is 13.1 Å². The van der Waals surface area contributed by atoms with Gasteiger partial charge in [-0.15, -0.1) is 11.3 Å². The third-order valence-electron chi connectivity index (χ3n) is 4.42. The van der Waals surface area contributed by atoms with Crippen LogP contribution in [0.2, 0.25) is 0 Å². The highest BCUT2D eigenvalue weighted by molar-refractivity contribution is 7.20. The number of hydrogen-bond acceptors (Lipinski definition) is 5. The topological polar surface area (TPSA) is 101 Å². The molecule has 1 aromatic carbocycles. The van der Waals surface area contributed by atoms with E-state index >= 15 is 0 Å². The van der Waals surface area contributed by atoms with Crippen molar-refractivity contribution in [1.82, 2.24) is 4.90 Å². The highest BCUT2D eigenvalue weighted by Gasteiger charge is 2.39. The minimum Gasteiger partial charge on any atom is -0.481 e. The predicted molar refractivity (Wildman–Crippen MR) is 89.4 cm³/mol. The van der Waals surface area contributed by atoms with E-state index in [2.05, 4.69) is 0 Å². The molecule has 1 saturated heterocycles. The molecular weight excluding hydrogens is 332 g/mol. The number of fused-ring (bicyclic) bond motifs is 1. The maximum Gasteiger partial charge on any atom is 0.311 e. The van der Waals surface area contributed by atoms with E-state index < -0.39 is 16.3 Å². The second-order valence-corrected chi connectivity index (χ2v) is 7.37. The third kappa shape index (κ3) is 2.84. The maximum atomic E-state index is 12.7. The van der Waals surface area contributed by atoms with Crippen LogP contribution in [0.3, 0.4) is 0 Å². The van der Waals surface area contributed by atoms with Crippen LogP contribution in [0.25, 0.3) is 10.1 Å². The monoisotopic (exact) mass is 348 g/mol. The molecule has 1 unspecified atom stereocenters. The number of carboxylic acid groups (broad SMARTS) is 1. The number of carbonyl (C=O) groups excluding carboxylic acids is 1. The Bertz CT molecular complexity index is 846. The number of thiophene rings is 1. The predicted octanol–water partition coefficient (Wildman–Crippen LogP) is 3.14. The number of piperidine rings is 1. The van der Waals surface area contributed by atoms with Gasteiger partial charge in [-0.1, -0.05) is 0 Å². The molecule has 2 aromatic rings. The van der Waals surface area contributed by atoms with E-state index in [1.165, 1.54) is 23.5 Å². The standard InChI is InChI=1S/C16H16N2O5S/c1-16(15(20)21)5-2-6-17(9-16)14(19)13-8-10-7-11(18(22)23)3-4-12(10)24-13/h3-4,7-8H,2,5-6,9H2,1H3,(H,20,21). The number of nitrogens with zero attached hydrogens (tertiary/aromatic N) is 2. The van der Waals surface area contributed by atoms with Gasteiger partial charge in [-0.25, -0.2) is 0 Å². The first-order valence-corrected chi connectivity index (χ1v) is 8.32. The summed E-state index contributed by atoms with van der Waals surface area (Å²) in [6.07, 6.45) is 1.19. The number of carboxylic acids is 1. The summed E-state index contributed by atoms with van der Waals surface area (Å²) in [5.74, 6) is -1.11. The number of nitro benzene ring substituents is 1. The van der Waals surface area contributed by atoms with Crippen molar-refractivity contribution in [1.29, 1.82) is 0 Å². The first-order chi connectivity index (χ1) is 11.3. The zero-order valence-electron chi connectivity index (χ0n) is 13.0. The number of hydrogen-bond donors (Lipinski definition) is 1. The van der Waals surface area contributed by atoms with Gasteiger partial charge in [-0.05, 0) is 31.9 Å². The Labute approximate surface area is 141 Å². The van der Waals surface area contributed by atoms with Crippen LogP contribution >= 0.6 is 11.3 Å². The average Bonchev–Trinajstić information content (AvgIpc) is 2.97. The molecule has 1 amide bonds. The Morgan fingerprint density at radius 2 is 2.12 bits per heavy atom. The lowest BCUT2D eigenvalue weighted by Crippen LogP contribution is -2.48. The van der Waals surface area contributed by atoms with Crippen molar-refractivity contribution < 1.29 is 19.6 Å². The minimum absolute atomic E-state index is 0.0178. The molecule has 0 aliphatic carbocycles. The summed E-state index contributed by atoms with van der Waals surface area (Å²) in [6, 6.07) is 6.13. The van der Waals surface area contributed by atoms with Gasteiger partial charge >= 0.3 is 5.97 Å². The fraction of sp³-hybridized carbons (Fsp3) is 0.375. The van der Waals surface area contributed by atoms with E-state index in [0.29, 0.717) is 29.6 Å². The van der Waals surface area contributed by atoms with Crippen LogP contribution in [0, 0.1) is 15.5 Å². The summed E-state index contributed by atoms with van der Waals surface area (Å²) >= 11 is 1.27. The van der Waals surface area contributed by atoms with E-state index in [9.17, 15) is 24.8 Å². The maximum absolute atomic E-state index is 12.7. The van der Waals surface area contributed by atoms with Crippen LogP contribution < -0.4 is 0 Å². The SMILES string of the molecule is CC1(C(=O)O)CCCN(C(=O)c2cc3cc([N+](=O)[O-])ccc3s2)C1. The smallest absolute Gasteiger partial charge is 0.311 e. The van der Waals surface area contributed by atoms with Crippen LogP contribution in [0.15, 0.2) is 24.3 Å². The van der Waals surface area contributed by atoms with Crippen molar-refractivity contribution in [3.63, 3.8) is 0 Å². The highest BCUT2D eigenvalue weighted by Crippen LogP contribution is 2.33. The molecule has 1 aliphatic heterocycles. The van der Waals surface area contributed by atoms with Gasteiger partial charge in [0, 0.05) is 35.3 Å². The third-order valence-corrected chi connectivity index (χ3v) is 5.53. The van der Waals surface area contributed by atoms with E-state index in [0.717, 1.165) is 4.70 Å². The molecule has 1 fully saturated rings. The number of likely N-dealkylation sites (tertiary alicyclic amines) is 1. The lowest BCUT2D eigenvalue weighted by molar-refractivity contribution is -0.384. The number of benzene rings is 1. The van der Waals surface area contributed by atoms with E-state index in [4.69, 9.17) is 0 Å². The van der Waals surface area contributed by atoms with Crippen molar-refractivity contribution in [2.24, 2.45) is 5.41 Å². The number of rotatable bonds is 3. The second-order valence-electron chi connectivity index (χ2n) is 6.29. The molecule has 24 heavy (non-hydrogen) atoms. The van der Waals surface area contributed by atoms with Gasteiger partial charge in [-0.2, -0.15) is 0 Å². The second kappa shape index (κ2) is 5.86.